The molecule has 1 aromatic heterocycles. The van der Waals surface area contributed by atoms with Gasteiger partial charge in [-0.1, -0.05) is 6.08 Å². The minimum atomic E-state index is -1.20. The number of carbonyl (C=O) groups is 2. The van der Waals surface area contributed by atoms with Gasteiger partial charge in [0.05, 0.1) is 25.1 Å². The molecule has 1 aromatic rings. The number of nitrogens with zero attached hydrogens (tertiary/aromatic N) is 2. The van der Waals surface area contributed by atoms with Crippen LogP contribution in [0.3, 0.4) is 0 Å². The Kier molecular flexibility index (Phi) is 5.22. The number of piperidine rings is 1. The van der Waals surface area contributed by atoms with Crippen molar-refractivity contribution >= 4 is 18.0 Å². The van der Waals surface area contributed by atoms with Crippen LogP contribution in [0.1, 0.15) is 44.0 Å². The normalized spacial score (nSPS) is 18.2. The first-order valence-corrected chi connectivity index (χ1v) is 8.90. The molecule has 2 heterocycles. The van der Waals surface area contributed by atoms with Crippen molar-refractivity contribution in [1.29, 1.82) is 0 Å². The summed E-state index contributed by atoms with van der Waals surface area (Å²) in [5.41, 5.74) is 1.99. The highest BCUT2D eigenvalue weighted by atomic mass is 16.6. The third-order valence-electron chi connectivity index (χ3n) is 4.91. The molecule has 25 heavy (non-hydrogen) atoms. The van der Waals surface area contributed by atoms with Gasteiger partial charge in [0.15, 0.2) is 0 Å². The van der Waals surface area contributed by atoms with Gasteiger partial charge < -0.3 is 14.8 Å². The van der Waals surface area contributed by atoms with Gasteiger partial charge in [0.2, 0.25) is 6.04 Å². The van der Waals surface area contributed by atoms with Crippen molar-refractivity contribution in [3.8, 4) is 0 Å². The maximum atomic E-state index is 12.3. The second-order valence-electron chi connectivity index (χ2n) is 6.53. The Hall–Kier alpha value is -2.15. The largest absolute Gasteiger partial charge is 0.464 e. The zero-order valence-electron chi connectivity index (χ0n) is 14.8. The fourth-order valence-electron chi connectivity index (χ4n) is 3.63. The number of carbonyl (C=O) groups excluding carboxylic acids is 2. The highest BCUT2D eigenvalue weighted by Crippen LogP contribution is 2.40. The molecule has 0 unspecified atom stereocenters. The van der Waals surface area contributed by atoms with E-state index in [1.807, 2.05) is 6.08 Å². The molecule has 1 fully saturated rings. The fraction of sp³-hybridized carbons (Fsp3) is 0.611. The van der Waals surface area contributed by atoms with Gasteiger partial charge in [0, 0.05) is 0 Å². The standard InChI is InChI=1S/C18H25N3O4/c1-3-24-16(22)15(17(23)25-4-2)21-14-5-6-18(7-9-19-10-8-18)11-13(14)12-20-21/h5-6,12,15,19H,3-4,7-11H2,1-2H3. The van der Waals surface area contributed by atoms with Gasteiger partial charge in [-0.25, -0.2) is 14.3 Å². The van der Waals surface area contributed by atoms with Crippen molar-refractivity contribution < 1.29 is 19.1 Å². The first-order valence-electron chi connectivity index (χ1n) is 8.90. The number of rotatable bonds is 5. The zero-order valence-corrected chi connectivity index (χ0v) is 14.8. The molecule has 0 aromatic carbocycles. The smallest absolute Gasteiger partial charge is 0.342 e. The summed E-state index contributed by atoms with van der Waals surface area (Å²) in [6.07, 6.45) is 8.98. The highest BCUT2D eigenvalue weighted by Gasteiger charge is 2.38. The number of allylic oxidation sites excluding steroid dienone is 1. The Morgan fingerprint density at radius 3 is 2.48 bits per heavy atom. The molecule has 1 aliphatic heterocycles. The lowest BCUT2D eigenvalue weighted by atomic mass is 9.72. The predicted molar refractivity (Wildman–Crippen MR) is 91.8 cm³/mol. The van der Waals surface area contributed by atoms with Crippen LogP contribution in [0.5, 0.6) is 0 Å². The van der Waals surface area contributed by atoms with Gasteiger partial charge in [0.1, 0.15) is 0 Å². The van der Waals surface area contributed by atoms with E-state index in [2.05, 4.69) is 16.5 Å². The first kappa shape index (κ1) is 17.7. The second kappa shape index (κ2) is 7.39. The maximum Gasteiger partial charge on any atom is 0.342 e. The molecule has 0 atom stereocenters. The van der Waals surface area contributed by atoms with E-state index in [4.69, 9.17) is 9.47 Å². The monoisotopic (exact) mass is 347 g/mol. The van der Waals surface area contributed by atoms with Crippen LogP contribution in [0.15, 0.2) is 12.3 Å². The topological polar surface area (TPSA) is 82.5 Å². The van der Waals surface area contributed by atoms with Gasteiger partial charge in [-0.05, 0) is 63.3 Å². The lowest BCUT2D eigenvalue weighted by Gasteiger charge is -2.37. The number of nitrogens with one attached hydrogen (secondary N) is 1. The van der Waals surface area contributed by atoms with E-state index in [-0.39, 0.29) is 18.6 Å². The van der Waals surface area contributed by atoms with Crippen LogP contribution >= 0.6 is 0 Å². The molecule has 2 aliphatic rings. The average Bonchev–Trinajstić information content (AvgIpc) is 2.99. The molecule has 1 spiro atoms. The predicted octanol–water partition coefficient (Wildman–Crippen LogP) is 1.49. The van der Waals surface area contributed by atoms with Gasteiger partial charge in [-0.2, -0.15) is 5.10 Å². The molecule has 0 radical (unpaired) electrons. The van der Waals surface area contributed by atoms with Gasteiger partial charge in [-0.3, -0.25) is 0 Å². The van der Waals surface area contributed by atoms with E-state index in [9.17, 15) is 9.59 Å². The third kappa shape index (κ3) is 3.46. The molecule has 136 valence electrons. The molecule has 1 aliphatic carbocycles. The SMILES string of the molecule is CCOC(=O)C(C(=O)OCC)n1ncc2c1C=CC1(CCNCC1)C2. The van der Waals surface area contributed by atoms with Crippen molar-refractivity contribution in [2.45, 2.75) is 39.2 Å². The zero-order chi connectivity index (χ0) is 17.9. The minimum absolute atomic E-state index is 0.148. The Morgan fingerprint density at radius 2 is 1.88 bits per heavy atom. The van der Waals surface area contributed by atoms with Crippen LogP contribution in [0, 0.1) is 5.41 Å². The Balaban J connectivity index is 1.91. The summed E-state index contributed by atoms with van der Waals surface area (Å²) in [7, 11) is 0. The number of esters is 2. The number of hydrogen-bond donors (Lipinski definition) is 1. The lowest BCUT2D eigenvalue weighted by Crippen LogP contribution is -2.38. The van der Waals surface area contributed by atoms with Crippen LogP contribution in [0.4, 0.5) is 0 Å². The van der Waals surface area contributed by atoms with E-state index in [0.29, 0.717) is 0 Å². The summed E-state index contributed by atoms with van der Waals surface area (Å²) in [4.78, 5) is 24.6. The Bertz CT molecular complexity index is 656. The van der Waals surface area contributed by atoms with E-state index in [1.54, 1.807) is 20.0 Å². The maximum absolute atomic E-state index is 12.3. The molecule has 3 rings (SSSR count). The van der Waals surface area contributed by atoms with Crippen LogP contribution in [-0.2, 0) is 25.5 Å². The molecule has 0 amide bonds. The summed E-state index contributed by atoms with van der Waals surface area (Å²) in [5.74, 6) is -1.27. The molecule has 1 saturated heterocycles. The van der Waals surface area contributed by atoms with Crippen LogP contribution in [0.25, 0.3) is 6.08 Å². The summed E-state index contributed by atoms with van der Waals surface area (Å²) >= 11 is 0. The molecule has 7 nitrogen and oxygen atoms in total. The number of aromatic nitrogens is 2. The van der Waals surface area contributed by atoms with Crippen molar-refractivity contribution in [3.05, 3.63) is 23.5 Å². The quantitative estimate of drug-likeness (QED) is 0.642. The summed E-state index contributed by atoms with van der Waals surface area (Å²) in [6.45, 7) is 5.82. The van der Waals surface area contributed by atoms with Crippen LogP contribution < -0.4 is 5.32 Å². The average molecular weight is 347 g/mol. The molecule has 0 bridgehead atoms. The Labute approximate surface area is 147 Å². The van der Waals surface area contributed by atoms with Crippen LogP contribution in [0.2, 0.25) is 0 Å². The summed E-state index contributed by atoms with van der Waals surface area (Å²) < 4.78 is 11.6. The van der Waals surface area contributed by atoms with Crippen LogP contribution in [-0.4, -0.2) is 48.0 Å². The van der Waals surface area contributed by atoms with Crippen molar-refractivity contribution in [3.63, 3.8) is 0 Å². The van der Waals surface area contributed by atoms with E-state index in [1.165, 1.54) is 4.68 Å². The number of fused-ring (bicyclic) bond motifs is 1. The highest BCUT2D eigenvalue weighted by molar-refractivity contribution is 5.97. The van der Waals surface area contributed by atoms with Crippen molar-refractivity contribution in [2.24, 2.45) is 5.41 Å². The lowest BCUT2D eigenvalue weighted by molar-refractivity contribution is -0.160. The number of hydrogen-bond acceptors (Lipinski definition) is 6. The van der Waals surface area contributed by atoms with Gasteiger partial charge in [0.25, 0.3) is 0 Å². The van der Waals surface area contributed by atoms with Gasteiger partial charge in [-0.15, -0.1) is 0 Å². The molecule has 7 heteroatoms. The van der Waals surface area contributed by atoms with Crippen molar-refractivity contribution in [1.82, 2.24) is 15.1 Å². The Morgan fingerprint density at radius 1 is 1.24 bits per heavy atom. The van der Waals surface area contributed by atoms with E-state index < -0.39 is 18.0 Å². The second-order valence-corrected chi connectivity index (χ2v) is 6.53. The summed E-state index contributed by atoms with van der Waals surface area (Å²) in [6, 6.07) is -1.20. The molecule has 0 saturated carbocycles. The first-order chi connectivity index (χ1) is 12.1. The summed E-state index contributed by atoms with van der Waals surface area (Å²) in [5, 5.41) is 7.72. The molecular weight excluding hydrogens is 322 g/mol. The van der Waals surface area contributed by atoms with E-state index in [0.717, 1.165) is 43.6 Å². The number of ether oxygens (including phenoxy) is 2. The fourth-order valence-corrected chi connectivity index (χ4v) is 3.63. The third-order valence-corrected chi connectivity index (χ3v) is 4.91. The van der Waals surface area contributed by atoms with E-state index >= 15 is 0 Å². The van der Waals surface area contributed by atoms with Crippen molar-refractivity contribution in [2.75, 3.05) is 26.3 Å². The molecule has 1 N–H and O–H groups in total. The van der Waals surface area contributed by atoms with Gasteiger partial charge >= 0.3 is 11.9 Å². The minimum Gasteiger partial charge on any atom is -0.464 e. The molecular formula is C18H25N3O4.